The van der Waals surface area contributed by atoms with Crippen molar-refractivity contribution in [1.29, 1.82) is 0 Å². The Labute approximate surface area is 292 Å². The van der Waals surface area contributed by atoms with Crippen molar-refractivity contribution in [2.75, 3.05) is 0 Å². The summed E-state index contributed by atoms with van der Waals surface area (Å²) in [6.45, 7) is 0. The molecule has 51 heavy (non-hydrogen) atoms. The number of alkyl halides is 6. The number of carboxylic acid groups (broad SMARTS) is 2. The highest BCUT2D eigenvalue weighted by Crippen LogP contribution is 2.62. The molecule has 8 fully saturated rings. The lowest BCUT2D eigenvalue weighted by molar-refractivity contribution is -0.288. The van der Waals surface area contributed by atoms with Crippen LogP contribution in [0.1, 0.15) is 120 Å². The van der Waals surface area contributed by atoms with Crippen molar-refractivity contribution in [3.63, 3.8) is 0 Å². The predicted molar refractivity (Wildman–Crippen MR) is 175 cm³/mol. The first kappa shape index (κ1) is 34.2. The maximum absolute atomic E-state index is 15.3. The van der Waals surface area contributed by atoms with Crippen LogP contribution in [0.15, 0.2) is 36.4 Å². The van der Waals surface area contributed by atoms with E-state index in [4.69, 9.17) is 0 Å². The smallest absolute Gasteiger partial charge is 0.411 e. The van der Waals surface area contributed by atoms with E-state index in [1.54, 1.807) is 0 Å². The zero-order valence-electron chi connectivity index (χ0n) is 27.9. The van der Waals surface area contributed by atoms with Gasteiger partial charge < -0.3 is 10.2 Å². The van der Waals surface area contributed by atoms with Gasteiger partial charge in [-0.15, -0.1) is 0 Å². The fourth-order valence-electron chi connectivity index (χ4n) is 12.1. The van der Waals surface area contributed by atoms with Gasteiger partial charge in [-0.3, -0.25) is 0 Å². The summed E-state index contributed by atoms with van der Waals surface area (Å²) in [5.41, 5.74) is -11.3. The maximum Gasteiger partial charge on any atom is 0.411 e. The quantitative estimate of drug-likeness (QED) is 0.245. The van der Waals surface area contributed by atoms with E-state index in [-0.39, 0.29) is 22.0 Å². The van der Waals surface area contributed by atoms with Gasteiger partial charge in [-0.1, -0.05) is 35.8 Å². The van der Waals surface area contributed by atoms with E-state index in [2.05, 4.69) is 23.7 Å². The van der Waals surface area contributed by atoms with Crippen molar-refractivity contribution in [3.8, 4) is 23.7 Å². The Hall–Kier alpha value is -3.92. The van der Waals surface area contributed by atoms with Crippen LogP contribution < -0.4 is 0 Å². The lowest BCUT2D eigenvalue weighted by Gasteiger charge is -2.54. The Morgan fingerprint density at radius 1 is 0.549 bits per heavy atom. The van der Waals surface area contributed by atoms with Crippen molar-refractivity contribution in [2.45, 2.75) is 94.8 Å². The average molecular weight is 709 g/mol. The van der Waals surface area contributed by atoms with E-state index in [1.165, 1.54) is 0 Å². The monoisotopic (exact) mass is 708 g/mol. The number of aromatic carboxylic acids is 2. The molecule has 0 heterocycles. The minimum absolute atomic E-state index is 0.0149. The highest BCUT2D eigenvalue weighted by atomic mass is 19.4. The topological polar surface area (TPSA) is 74.6 Å². The molecule has 8 saturated carbocycles. The van der Waals surface area contributed by atoms with Gasteiger partial charge in [0.1, 0.15) is 0 Å². The van der Waals surface area contributed by atoms with Gasteiger partial charge in [0.25, 0.3) is 0 Å². The third-order valence-electron chi connectivity index (χ3n) is 13.2. The van der Waals surface area contributed by atoms with Crippen LogP contribution in [-0.4, -0.2) is 34.5 Å². The van der Waals surface area contributed by atoms with Crippen LogP contribution in [0.3, 0.4) is 0 Å². The third-order valence-corrected chi connectivity index (χ3v) is 13.2. The van der Waals surface area contributed by atoms with Gasteiger partial charge in [0.15, 0.2) is 0 Å². The molecule has 0 radical (unpaired) electrons. The molecule has 8 bridgehead atoms. The second-order valence-electron chi connectivity index (χ2n) is 16.8. The summed E-state index contributed by atoms with van der Waals surface area (Å²) >= 11 is 0. The number of rotatable bonds is 4. The lowest BCUT2D eigenvalue weighted by Crippen LogP contribution is -2.56. The molecule has 0 saturated heterocycles. The summed E-state index contributed by atoms with van der Waals surface area (Å²) in [7, 11) is 0. The Morgan fingerprint density at radius 2 is 0.843 bits per heavy atom. The average Bonchev–Trinajstić information content (AvgIpc) is 3.01. The Bertz CT molecular complexity index is 1720. The fourth-order valence-corrected chi connectivity index (χ4v) is 12.1. The molecule has 268 valence electrons. The van der Waals surface area contributed by atoms with E-state index in [9.17, 15) is 19.8 Å². The molecule has 4 nitrogen and oxygen atoms in total. The number of hydrogen-bond acceptors (Lipinski definition) is 2. The third kappa shape index (κ3) is 5.63. The summed E-state index contributed by atoms with van der Waals surface area (Å²) in [6.07, 6.45) is -0.275. The van der Waals surface area contributed by atoms with Gasteiger partial charge in [-0.25, -0.2) is 9.59 Å². The summed E-state index contributed by atoms with van der Waals surface area (Å²) in [6, 6.07) is 4.47. The Balaban J connectivity index is 1.22. The van der Waals surface area contributed by atoms with Crippen LogP contribution in [0.4, 0.5) is 26.3 Å². The van der Waals surface area contributed by atoms with Gasteiger partial charge >= 0.3 is 24.3 Å². The van der Waals surface area contributed by atoms with Gasteiger partial charge in [-0.2, -0.15) is 26.3 Å². The largest absolute Gasteiger partial charge is 0.478 e. The zero-order chi connectivity index (χ0) is 36.1. The van der Waals surface area contributed by atoms with Crippen LogP contribution in [0.5, 0.6) is 0 Å². The fraction of sp³-hybridized carbons (Fsp3) is 0.561. The van der Waals surface area contributed by atoms with Crippen molar-refractivity contribution < 1.29 is 46.1 Å². The minimum Gasteiger partial charge on any atom is -0.478 e. The van der Waals surface area contributed by atoms with E-state index in [0.717, 1.165) is 101 Å². The normalized spacial score (nSPS) is 33.3. The number of carboxylic acids is 2. The van der Waals surface area contributed by atoms with E-state index >= 15 is 26.3 Å². The molecule has 2 aromatic rings. The van der Waals surface area contributed by atoms with E-state index in [1.807, 2.05) is 0 Å². The molecule has 0 aromatic heterocycles. The second kappa shape index (κ2) is 11.5. The molecule has 0 amide bonds. The molecule has 10 rings (SSSR count). The number of carbonyl (C=O) groups is 2. The van der Waals surface area contributed by atoms with Crippen molar-refractivity contribution in [2.24, 2.45) is 46.3 Å². The molecule has 8 aliphatic carbocycles. The molecule has 0 aliphatic heterocycles. The first-order chi connectivity index (χ1) is 24.0. The van der Waals surface area contributed by atoms with Crippen molar-refractivity contribution in [1.82, 2.24) is 0 Å². The highest BCUT2D eigenvalue weighted by molar-refractivity contribution is 5.93. The molecular weight excluding hydrogens is 670 g/mol. The van der Waals surface area contributed by atoms with Gasteiger partial charge in [0, 0.05) is 22.0 Å². The van der Waals surface area contributed by atoms with Crippen molar-refractivity contribution in [3.05, 3.63) is 69.8 Å². The van der Waals surface area contributed by atoms with E-state index in [0.29, 0.717) is 47.6 Å². The molecule has 8 aliphatic rings. The van der Waals surface area contributed by atoms with Crippen LogP contribution in [0.25, 0.3) is 0 Å². The summed E-state index contributed by atoms with van der Waals surface area (Å²) in [4.78, 5) is 25.1. The maximum atomic E-state index is 15.3. The highest BCUT2D eigenvalue weighted by Gasteiger charge is 2.74. The first-order valence-electron chi connectivity index (χ1n) is 17.9. The minimum atomic E-state index is -6.20. The summed E-state index contributed by atoms with van der Waals surface area (Å²) in [5.74, 6) is 11.6. The molecule has 0 spiro atoms. The van der Waals surface area contributed by atoms with Gasteiger partial charge in [0.05, 0.1) is 11.1 Å². The van der Waals surface area contributed by atoms with Gasteiger partial charge in [-0.05, 0) is 148 Å². The van der Waals surface area contributed by atoms with Crippen LogP contribution in [0.2, 0.25) is 0 Å². The van der Waals surface area contributed by atoms with Gasteiger partial charge in [0.2, 0.25) is 5.41 Å². The van der Waals surface area contributed by atoms with Crippen LogP contribution in [0, 0.1) is 70.0 Å². The SMILES string of the molecule is O=C(O)c1cc(C#CC23CC4CC(CC(C4)C2)C3)ccc1C(c1ccc(C#CC23CC4CC(CC(C4)C2)C3)cc1C(=O)O)(C(F)(F)F)C(F)(F)F. The van der Waals surface area contributed by atoms with Crippen molar-refractivity contribution >= 4 is 11.9 Å². The number of benzene rings is 2. The number of hydrogen-bond donors (Lipinski definition) is 2. The lowest BCUT2D eigenvalue weighted by atomic mass is 9.50. The predicted octanol–water partition coefficient (Wildman–Crippen LogP) is 9.63. The molecule has 0 unspecified atom stereocenters. The molecular formula is C41H38F6O4. The first-order valence-corrected chi connectivity index (χ1v) is 17.9. The molecule has 0 atom stereocenters. The number of halogens is 6. The molecule has 2 aromatic carbocycles. The zero-order valence-corrected chi connectivity index (χ0v) is 27.9. The standard InChI is InChI=1S/C41H38F6O4/c42-40(43,44)39(41(45,46)47,33-3-1-23(15-31(33)35(48)49)5-7-37-17-25-9-26(18-37)11-27(10-25)19-37)34-4-2-24(16-32(34)36(50)51)6-8-38-20-28-12-29(21-38)14-30(13-28)22-38/h1-4,15-16,25-30H,9-14,17-22H2,(H,48,49)(H,50,51). The van der Waals surface area contributed by atoms with Crippen LogP contribution in [-0.2, 0) is 5.41 Å². The van der Waals surface area contributed by atoms with Crippen LogP contribution >= 0.6 is 0 Å². The molecule has 10 heteroatoms. The van der Waals surface area contributed by atoms with E-state index < -0.39 is 52.0 Å². The summed E-state index contributed by atoms with van der Waals surface area (Å²) < 4.78 is 91.9. The second-order valence-corrected chi connectivity index (χ2v) is 16.8. The Morgan fingerprint density at radius 3 is 1.10 bits per heavy atom. The molecule has 2 N–H and O–H groups in total. The Kier molecular flexibility index (Phi) is 7.73. The summed E-state index contributed by atoms with van der Waals surface area (Å²) in [5, 5.41) is 20.2.